The highest BCUT2D eigenvalue weighted by Crippen LogP contribution is 2.25. The molecule has 1 fully saturated rings. The Balaban J connectivity index is 2.05. The maximum atomic E-state index is 12.5. The smallest absolute Gasteiger partial charge is 0.257 e. The molecule has 0 unspecified atom stereocenters. The molecule has 20 heavy (non-hydrogen) atoms. The number of hydrogen-bond donors (Lipinski definition) is 1. The van der Waals surface area contributed by atoms with Gasteiger partial charge in [0, 0.05) is 18.1 Å². The van der Waals surface area contributed by atoms with E-state index >= 15 is 0 Å². The van der Waals surface area contributed by atoms with Crippen molar-refractivity contribution >= 4 is 21.8 Å². The van der Waals surface area contributed by atoms with E-state index in [2.05, 4.69) is 21.2 Å². The molecule has 1 aliphatic rings. The molecule has 4 nitrogen and oxygen atoms in total. The number of carbonyl (C=O) groups excluding carboxylic acids is 1. The normalized spacial score (nSPS) is 15.9. The van der Waals surface area contributed by atoms with Gasteiger partial charge in [-0.3, -0.25) is 4.79 Å². The van der Waals surface area contributed by atoms with Crippen LogP contribution >= 0.6 is 15.9 Å². The summed E-state index contributed by atoms with van der Waals surface area (Å²) in [4.78, 5) is 14.3. The number of rotatable bonds is 4. The molecule has 5 heteroatoms. The molecule has 1 aromatic rings. The molecule has 0 aromatic heterocycles. The van der Waals surface area contributed by atoms with Gasteiger partial charge in [0.05, 0.1) is 12.7 Å². The molecule has 2 rings (SSSR count). The van der Waals surface area contributed by atoms with E-state index in [-0.39, 0.29) is 5.91 Å². The molecule has 1 heterocycles. The van der Waals surface area contributed by atoms with Crippen molar-refractivity contribution in [3.05, 3.63) is 28.2 Å². The molecule has 0 aliphatic carbocycles. The zero-order chi connectivity index (χ0) is 14.5. The highest BCUT2D eigenvalue weighted by Gasteiger charge is 2.21. The number of halogens is 1. The van der Waals surface area contributed by atoms with Gasteiger partial charge in [-0.2, -0.15) is 0 Å². The van der Waals surface area contributed by atoms with Crippen LogP contribution in [0.25, 0.3) is 0 Å². The largest absolute Gasteiger partial charge is 0.496 e. The van der Waals surface area contributed by atoms with Crippen LogP contribution in [0.5, 0.6) is 5.75 Å². The monoisotopic (exact) mass is 340 g/mol. The number of hydrogen-bond acceptors (Lipinski definition) is 3. The predicted octanol–water partition coefficient (Wildman–Crippen LogP) is 2.53. The molecule has 0 atom stereocenters. The first-order chi connectivity index (χ1) is 9.61. The SMILES string of the molecule is COc1cc(Br)ccc1C(=O)N(C)CC1CCNCC1. The minimum Gasteiger partial charge on any atom is -0.496 e. The predicted molar refractivity (Wildman–Crippen MR) is 83.2 cm³/mol. The van der Waals surface area contributed by atoms with Gasteiger partial charge in [0.1, 0.15) is 5.75 Å². The van der Waals surface area contributed by atoms with Gasteiger partial charge < -0.3 is 15.0 Å². The number of methoxy groups -OCH3 is 1. The van der Waals surface area contributed by atoms with Crippen LogP contribution in [0.1, 0.15) is 23.2 Å². The lowest BCUT2D eigenvalue weighted by Crippen LogP contribution is -2.37. The second-order valence-electron chi connectivity index (χ2n) is 5.22. The average molecular weight is 341 g/mol. The van der Waals surface area contributed by atoms with Crippen molar-refractivity contribution < 1.29 is 9.53 Å². The molecule has 1 saturated heterocycles. The Hall–Kier alpha value is -1.07. The lowest BCUT2D eigenvalue weighted by Gasteiger charge is -2.28. The van der Waals surface area contributed by atoms with Crippen molar-refractivity contribution in [1.29, 1.82) is 0 Å². The number of benzene rings is 1. The van der Waals surface area contributed by atoms with Crippen LogP contribution in [0.15, 0.2) is 22.7 Å². The molecule has 1 aliphatic heterocycles. The van der Waals surface area contributed by atoms with Crippen LogP contribution < -0.4 is 10.1 Å². The Bertz CT molecular complexity index is 473. The molecule has 1 aromatic carbocycles. The summed E-state index contributed by atoms with van der Waals surface area (Å²) in [7, 11) is 3.46. The minimum absolute atomic E-state index is 0.0212. The summed E-state index contributed by atoms with van der Waals surface area (Å²) >= 11 is 3.39. The van der Waals surface area contributed by atoms with Gasteiger partial charge in [-0.25, -0.2) is 0 Å². The van der Waals surface area contributed by atoms with E-state index in [1.54, 1.807) is 7.11 Å². The number of piperidine rings is 1. The number of carbonyl (C=O) groups is 1. The Kier molecular flexibility index (Phi) is 5.43. The van der Waals surface area contributed by atoms with Gasteiger partial charge in [0.2, 0.25) is 0 Å². The number of nitrogens with zero attached hydrogens (tertiary/aromatic N) is 1. The van der Waals surface area contributed by atoms with Gasteiger partial charge >= 0.3 is 0 Å². The maximum absolute atomic E-state index is 12.5. The van der Waals surface area contributed by atoms with Crippen LogP contribution in [0.4, 0.5) is 0 Å². The second kappa shape index (κ2) is 7.09. The van der Waals surface area contributed by atoms with E-state index in [0.717, 1.165) is 36.9 Å². The number of nitrogens with one attached hydrogen (secondary N) is 1. The summed E-state index contributed by atoms with van der Waals surface area (Å²) in [6, 6.07) is 5.50. The summed E-state index contributed by atoms with van der Waals surface area (Å²) in [5.41, 5.74) is 0.618. The highest BCUT2D eigenvalue weighted by molar-refractivity contribution is 9.10. The van der Waals surface area contributed by atoms with Crippen molar-refractivity contribution in [3.8, 4) is 5.75 Å². The third-order valence-electron chi connectivity index (χ3n) is 3.73. The average Bonchev–Trinajstić information content (AvgIpc) is 2.47. The fourth-order valence-electron chi connectivity index (χ4n) is 2.58. The summed E-state index contributed by atoms with van der Waals surface area (Å²) in [5.74, 6) is 1.22. The van der Waals surface area contributed by atoms with Crippen molar-refractivity contribution in [1.82, 2.24) is 10.2 Å². The van der Waals surface area contributed by atoms with Crippen LogP contribution in [-0.2, 0) is 0 Å². The Morgan fingerprint density at radius 3 is 2.80 bits per heavy atom. The quantitative estimate of drug-likeness (QED) is 0.915. The molecule has 0 bridgehead atoms. The van der Waals surface area contributed by atoms with Crippen LogP contribution in [0.3, 0.4) is 0 Å². The van der Waals surface area contributed by atoms with Crippen molar-refractivity contribution in [2.45, 2.75) is 12.8 Å². The summed E-state index contributed by atoms with van der Waals surface area (Å²) < 4.78 is 6.21. The second-order valence-corrected chi connectivity index (χ2v) is 6.14. The zero-order valence-electron chi connectivity index (χ0n) is 12.0. The Morgan fingerprint density at radius 2 is 2.15 bits per heavy atom. The van der Waals surface area contributed by atoms with E-state index in [0.29, 0.717) is 17.2 Å². The summed E-state index contributed by atoms with van der Waals surface area (Å²) in [5, 5.41) is 3.34. The van der Waals surface area contributed by atoms with E-state index < -0.39 is 0 Å². The maximum Gasteiger partial charge on any atom is 0.257 e. The Morgan fingerprint density at radius 1 is 1.45 bits per heavy atom. The van der Waals surface area contributed by atoms with E-state index in [1.807, 2.05) is 30.1 Å². The van der Waals surface area contributed by atoms with Crippen molar-refractivity contribution in [2.75, 3.05) is 33.8 Å². The first-order valence-electron chi connectivity index (χ1n) is 6.91. The number of amides is 1. The van der Waals surface area contributed by atoms with Crippen LogP contribution in [0.2, 0.25) is 0 Å². The van der Waals surface area contributed by atoms with Crippen molar-refractivity contribution in [2.24, 2.45) is 5.92 Å². The van der Waals surface area contributed by atoms with Gasteiger partial charge in [0.15, 0.2) is 0 Å². The standard InChI is InChI=1S/C15H21BrN2O2/c1-18(10-11-5-7-17-8-6-11)15(19)13-4-3-12(16)9-14(13)20-2/h3-4,9,11,17H,5-8,10H2,1-2H3. The number of ether oxygens (including phenoxy) is 1. The molecule has 0 spiro atoms. The van der Waals surface area contributed by atoms with Gasteiger partial charge in [-0.15, -0.1) is 0 Å². The molecule has 0 radical (unpaired) electrons. The molecular weight excluding hydrogens is 320 g/mol. The molecule has 1 amide bonds. The molecule has 0 saturated carbocycles. The topological polar surface area (TPSA) is 41.6 Å². The third kappa shape index (κ3) is 3.73. The third-order valence-corrected chi connectivity index (χ3v) is 4.22. The zero-order valence-corrected chi connectivity index (χ0v) is 13.6. The lowest BCUT2D eigenvalue weighted by molar-refractivity contribution is 0.0759. The molecule has 1 N–H and O–H groups in total. The fourth-order valence-corrected chi connectivity index (χ4v) is 2.92. The fraction of sp³-hybridized carbons (Fsp3) is 0.533. The Labute approximate surface area is 128 Å². The van der Waals surface area contributed by atoms with Gasteiger partial charge in [-0.1, -0.05) is 15.9 Å². The van der Waals surface area contributed by atoms with Crippen molar-refractivity contribution in [3.63, 3.8) is 0 Å². The lowest BCUT2D eigenvalue weighted by atomic mass is 9.97. The van der Waals surface area contributed by atoms with Gasteiger partial charge in [0.25, 0.3) is 5.91 Å². The van der Waals surface area contributed by atoms with Crippen LogP contribution in [0, 0.1) is 5.92 Å². The first-order valence-corrected chi connectivity index (χ1v) is 7.71. The first kappa shape index (κ1) is 15.3. The molecular formula is C15H21BrN2O2. The minimum atomic E-state index is 0.0212. The summed E-state index contributed by atoms with van der Waals surface area (Å²) in [6.45, 7) is 2.91. The van der Waals surface area contributed by atoms with E-state index in [9.17, 15) is 4.79 Å². The van der Waals surface area contributed by atoms with Gasteiger partial charge in [-0.05, 0) is 50.0 Å². The van der Waals surface area contributed by atoms with Crippen LogP contribution in [-0.4, -0.2) is 44.6 Å². The van der Waals surface area contributed by atoms with E-state index in [4.69, 9.17) is 4.74 Å². The molecule has 110 valence electrons. The highest BCUT2D eigenvalue weighted by atomic mass is 79.9. The van der Waals surface area contributed by atoms with E-state index in [1.165, 1.54) is 0 Å². The summed E-state index contributed by atoms with van der Waals surface area (Å²) in [6.07, 6.45) is 2.27.